The standard InChI is InChI=1S/C16H18N2O4/c19-14-8-16(9-15(20)17-14)3-5-18(6-4-16)11-1-2-12-13(7-11)22-10-21-12/h1-2,7H,3-6,8-10H2,(H,17,19,20). The molecule has 6 nitrogen and oxygen atoms in total. The van der Waals surface area contributed by atoms with Crippen molar-refractivity contribution in [3.05, 3.63) is 18.2 Å². The van der Waals surface area contributed by atoms with Gasteiger partial charge in [0.25, 0.3) is 0 Å². The minimum atomic E-state index is -0.147. The number of rotatable bonds is 1. The maximum absolute atomic E-state index is 11.7. The van der Waals surface area contributed by atoms with E-state index in [1.165, 1.54) is 0 Å². The van der Waals surface area contributed by atoms with Crippen LogP contribution in [0.15, 0.2) is 18.2 Å². The molecule has 0 unspecified atom stereocenters. The SMILES string of the molecule is O=C1CC2(CCN(c3ccc4c(c3)OCO4)CC2)CC(=O)N1. The number of piperidine rings is 2. The van der Waals surface area contributed by atoms with Crippen LogP contribution in [0.5, 0.6) is 11.5 Å². The molecule has 0 aliphatic carbocycles. The van der Waals surface area contributed by atoms with Gasteiger partial charge in [0.1, 0.15) is 0 Å². The first-order valence-corrected chi connectivity index (χ1v) is 7.61. The predicted octanol–water partition coefficient (Wildman–Crippen LogP) is 1.44. The van der Waals surface area contributed by atoms with Gasteiger partial charge in [0.15, 0.2) is 11.5 Å². The third-order valence-electron chi connectivity index (χ3n) is 4.90. The van der Waals surface area contributed by atoms with Gasteiger partial charge < -0.3 is 14.4 Å². The molecule has 3 aliphatic heterocycles. The molecular weight excluding hydrogens is 284 g/mol. The van der Waals surface area contributed by atoms with E-state index in [-0.39, 0.29) is 24.0 Å². The number of carbonyl (C=O) groups is 2. The Labute approximate surface area is 128 Å². The lowest BCUT2D eigenvalue weighted by Crippen LogP contribution is -2.50. The average Bonchev–Trinajstić information content (AvgIpc) is 2.94. The van der Waals surface area contributed by atoms with E-state index in [0.717, 1.165) is 43.1 Å². The van der Waals surface area contributed by atoms with Gasteiger partial charge in [-0.1, -0.05) is 0 Å². The van der Waals surface area contributed by atoms with Crippen LogP contribution in [0.3, 0.4) is 0 Å². The summed E-state index contributed by atoms with van der Waals surface area (Å²) < 4.78 is 10.8. The third-order valence-corrected chi connectivity index (χ3v) is 4.90. The number of imide groups is 1. The summed E-state index contributed by atoms with van der Waals surface area (Å²) in [6, 6.07) is 5.96. The van der Waals surface area contributed by atoms with Gasteiger partial charge in [-0.15, -0.1) is 0 Å². The van der Waals surface area contributed by atoms with Gasteiger partial charge in [0, 0.05) is 37.7 Å². The van der Waals surface area contributed by atoms with E-state index in [1.807, 2.05) is 18.2 Å². The zero-order chi connectivity index (χ0) is 15.2. The highest BCUT2D eigenvalue weighted by molar-refractivity contribution is 5.98. The van der Waals surface area contributed by atoms with Gasteiger partial charge in [-0.3, -0.25) is 14.9 Å². The van der Waals surface area contributed by atoms with Gasteiger partial charge >= 0.3 is 0 Å². The molecule has 22 heavy (non-hydrogen) atoms. The fraction of sp³-hybridized carbons (Fsp3) is 0.500. The van der Waals surface area contributed by atoms with E-state index in [0.29, 0.717) is 12.8 Å². The van der Waals surface area contributed by atoms with Crippen molar-refractivity contribution in [3.63, 3.8) is 0 Å². The molecule has 0 aromatic heterocycles. The largest absolute Gasteiger partial charge is 0.454 e. The Kier molecular flexibility index (Phi) is 2.99. The second-order valence-electron chi connectivity index (χ2n) is 6.35. The summed E-state index contributed by atoms with van der Waals surface area (Å²) in [5.74, 6) is 1.30. The van der Waals surface area contributed by atoms with Crippen LogP contribution >= 0.6 is 0 Å². The fourth-order valence-electron chi connectivity index (χ4n) is 3.66. The third kappa shape index (κ3) is 2.28. The molecular formula is C16H18N2O4. The van der Waals surface area contributed by atoms with Crippen LogP contribution in [0.25, 0.3) is 0 Å². The second kappa shape index (κ2) is 4.90. The summed E-state index contributed by atoms with van der Waals surface area (Å²) in [6.07, 6.45) is 2.66. The van der Waals surface area contributed by atoms with Crippen LogP contribution in [0, 0.1) is 5.41 Å². The Morgan fingerprint density at radius 1 is 1.00 bits per heavy atom. The molecule has 0 radical (unpaired) electrons. The van der Waals surface area contributed by atoms with Crippen molar-refractivity contribution in [3.8, 4) is 11.5 Å². The van der Waals surface area contributed by atoms with Gasteiger partial charge in [0.2, 0.25) is 18.6 Å². The highest BCUT2D eigenvalue weighted by Crippen LogP contribution is 2.42. The summed E-state index contributed by atoms with van der Waals surface area (Å²) in [4.78, 5) is 25.6. The van der Waals surface area contributed by atoms with Gasteiger partial charge in [-0.25, -0.2) is 0 Å². The van der Waals surface area contributed by atoms with Crippen molar-refractivity contribution in [1.29, 1.82) is 0 Å². The summed E-state index contributed by atoms with van der Waals surface area (Å²) in [5.41, 5.74) is 0.956. The van der Waals surface area contributed by atoms with Crippen LogP contribution < -0.4 is 19.7 Å². The number of amides is 2. The van der Waals surface area contributed by atoms with E-state index in [1.54, 1.807) is 0 Å². The molecule has 2 fully saturated rings. The van der Waals surface area contributed by atoms with E-state index >= 15 is 0 Å². The normalized spacial score (nSPS) is 22.8. The molecule has 1 aromatic rings. The average molecular weight is 302 g/mol. The number of nitrogens with zero attached hydrogens (tertiary/aromatic N) is 1. The van der Waals surface area contributed by atoms with E-state index < -0.39 is 0 Å². The number of benzene rings is 1. The van der Waals surface area contributed by atoms with Crippen LogP contribution in [0.4, 0.5) is 5.69 Å². The molecule has 0 atom stereocenters. The summed E-state index contributed by atoms with van der Waals surface area (Å²) in [6.45, 7) is 1.97. The van der Waals surface area contributed by atoms with Crippen molar-refractivity contribution in [2.45, 2.75) is 25.7 Å². The van der Waals surface area contributed by atoms with Crippen LogP contribution in [-0.4, -0.2) is 31.7 Å². The van der Waals surface area contributed by atoms with Crippen molar-refractivity contribution >= 4 is 17.5 Å². The number of anilines is 1. The minimum absolute atomic E-state index is 0.132. The first-order chi connectivity index (χ1) is 10.6. The van der Waals surface area contributed by atoms with Gasteiger partial charge in [0.05, 0.1) is 0 Å². The molecule has 1 aromatic carbocycles. The number of carbonyl (C=O) groups excluding carboxylic acids is 2. The maximum atomic E-state index is 11.7. The van der Waals surface area contributed by atoms with Crippen LogP contribution in [-0.2, 0) is 9.59 Å². The zero-order valence-electron chi connectivity index (χ0n) is 12.3. The molecule has 0 saturated carbocycles. The maximum Gasteiger partial charge on any atom is 0.231 e. The van der Waals surface area contributed by atoms with Crippen molar-refractivity contribution in [2.24, 2.45) is 5.41 Å². The van der Waals surface area contributed by atoms with Crippen molar-refractivity contribution in [1.82, 2.24) is 5.32 Å². The number of nitrogens with one attached hydrogen (secondary N) is 1. The molecule has 3 aliphatic rings. The molecule has 0 bridgehead atoms. The van der Waals surface area contributed by atoms with Gasteiger partial charge in [-0.2, -0.15) is 0 Å². The lowest BCUT2D eigenvalue weighted by Gasteiger charge is -2.43. The Hall–Kier alpha value is -2.24. The molecule has 4 rings (SSSR count). The summed E-state index contributed by atoms with van der Waals surface area (Å²) >= 11 is 0. The Morgan fingerprint density at radius 2 is 1.68 bits per heavy atom. The van der Waals surface area contributed by atoms with Gasteiger partial charge in [-0.05, 0) is 30.4 Å². The first-order valence-electron chi connectivity index (χ1n) is 7.61. The Balaban J connectivity index is 1.47. The van der Waals surface area contributed by atoms with Crippen LogP contribution in [0.2, 0.25) is 0 Å². The van der Waals surface area contributed by atoms with E-state index in [9.17, 15) is 9.59 Å². The highest BCUT2D eigenvalue weighted by Gasteiger charge is 2.41. The number of hydrogen-bond donors (Lipinski definition) is 1. The Morgan fingerprint density at radius 3 is 2.41 bits per heavy atom. The first kappa shape index (κ1) is 13.4. The minimum Gasteiger partial charge on any atom is -0.454 e. The second-order valence-corrected chi connectivity index (χ2v) is 6.35. The van der Waals surface area contributed by atoms with Crippen molar-refractivity contribution < 1.29 is 19.1 Å². The number of ether oxygens (including phenoxy) is 2. The summed E-state index contributed by atoms with van der Waals surface area (Å²) in [7, 11) is 0. The van der Waals surface area contributed by atoms with E-state index in [2.05, 4.69) is 10.2 Å². The lowest BCUT2D eigenvalue weighted by atomic mass is 9.71. The lowest BCUT2D eigenvalue weighted by molar-refractivity contribution is -0.138. The molecule has 1 spiro atoms. The topological polar surface area (TPSA) is 67.9 Å². The van der Waals surface area contributed by atoms with Crippen molar-refractivity contribution in [2.75, 3.05) is 24.8 Å². The highest BCUT2D eigenvalue weighted by atomic mass is 16.7. The monoisotopic (exact) mass is 302 g/mol. The summed E-state index contributed by atoms with van der Waals surface area (Å²) in [5, 5.41) is 2.40. The molecule has 3 heterocycles. The smallest absolute Gasteiger partial charge is 0.231 e. The predicted molar refractivity (Wildman–Crippen MR) is 78.8 cm³/mol. The number of fused-ring (bicyclic) bond motifs is 1. The molecule has 116 valence electrons. The van der Waals surface area contributed by atoms with Crippen LogP contribution in [0.1, 0.15) is 25.7 Å². The molecule has 2 amide bonds. The molecule has 6 heteroatoms. The number of hydrogen-bond acceptors (Lipinski definition) is 5. The quantitative estimate of drug-likeness (QED) is 0.795. The zero-order valence-corrected chi connectivity index (χ0v) is 12.3. The molecule has 1 N–H and O–H groups in total. The molecule has 2 saturated heterocycles. The fourth-order valence-corrected chi connectivity index (χ4v) is 3.66. The van der Waals surface area contributed by atoms with E-state index in [4.69, 9.17) is 9.47 Å². The Bertz CT molecular complexity index is 617.